The smallest absolute Gasteiger partial charge is 0.0813 e. The molecular weight excluding hydrogens is 302 g/mol. The largest absolute Gasteiger partial charge is 0.355 e. The van der Waals surface area contributed by atoms with E-state index in [2.05, 4.69) is 49.1 Å². The van der Waals surface area contributed by atoms with E-state index in [1.807, 2.05) is 25.1 Å². The lowest BCUT2D eigenvalue weighted by Crippen LogP contribution is -1.85. The van der Waals surface area contributed by atoms with Crippen molar-refractivity contribution in [1.82, 2.24) is 15.0 Å². The highest BCUT2D eigenvalue weighted by Gasteiger charge is 1.99. The fraction of sp³-hybridized carbons (Fsp3) is 0.0667. The van der Waals surface area contributed by atoms with E-state index in [0.717, 1.165) is 27.1 Å². The molecule has 3 aromatic rings. The number of fused-ring (bicyclic) bond motifs is 1. The fourth-order valence-electron chi connectivity index (χ4n) is 1.88. The minimum atomic E-state index is 0.852. The van der Waals surface area contributed by atoms with Crippen molar-refractivity contribution in [3.05, 3.63) is 58.2 Å². The van der Waals surface area contributed by atoms with E-state index in [9.17, 15) is 0 Å². The van der Waals surface area contributed by atoms with Crippen molar-refractivity contribution in [2.75, 3.05) is 0 Å². The Morgan fingerprint density at radius 3 is 2.79 bits per heavy atom. The van der Waals surface area contributed by atoms with E-state index in [1.165, 1.54) is 5.39 Å². The van der Waals surface area contributed by atoms with Gasteiger partial charge < -0.3 is 4.98 Å². The van der Waals surface area contributed by atoms with Crippen LogP contribution < -0.4 is 0 Å². The van der Waals surface area contributed by atoms with E-state index < -0.39 is 0 Å². The molecule has 94 valence electrons. The van der Waals surface area contributed by atoms with E-state index in [4.69, 9.17) is 0 Å². The van der Waals surface area contributed by atoms with Crippen LogP contribution in [-0.2, 0) is 0 Å². The molecule has 0 fully saturated rings. The number of nitrogens with one attached hydrogen (secondary N) is 1. The molecule has 0 spiro atoms. The maximum atomic E-state index is 4.29. The number of hydrogen-bond acceptors (Lipinski definition) is 2. The summed E-state index contributed by atoms with van der Waals surface area (Å²) in [6.45, 7) is 1.93. The Morgan fingerprint density at radius 2 is 2.00 bits per heavy atom. The summed E-state index contributed by atoms with van der Waals surface area (Å²) in [6, 6.07) is 8.30. The number of halogens is 1. The molecule has 0 aliphatic rings. The van der Waals surface area contributed by atoms with E-state index >= 15 is 0 Å². The molecule has 3 nitrogen and oxygen atoms in total. The third-order valence-corrected chi connectivity index (χ3v) is 3.33. The number of aromatic nitrogens is 3. The zero-order chi connectivity index (χ0) is 13.2. The fourth-order valence-corrected chi connectivity index (χ4v) is 2.24. The van der Waals surface area contributed by atoms with Crippen LogP contribution in [0.1, 0.15) is 17.1 Å². The Labute approximate surface area is 119 Å². The Balaban J connectivity index is 1.90. The third kappa shape index (κ3) is 2.74. The van der Waals surface area contributed by atoms with E-state index in [1.54, 1.807) is 12.4 Å². The maximum Gasteiger partial charge on any atom is 0.0813 e. The summed E-state index contributed by atoms with van der Waals surface area (Å²) in [4.78, 5) is 11.9. The molecule has 2 aromatic heterocycles. The van der Waals surface area contributed by atoms with Gasteiger partial charge in [0.25, 0.3) is 0 Å². The quantitative estimate of drug-likeness (QED) is 0.770. The molecule has 2 heterocycles. The molecule has 3 rings (SSSR count). The van der Waals surface area contributed by atoms with Gasteiger partial charge in [-0.3, -0.25) is 9.97 Å². The Morgan fingerprint density at radius 1 is 1.11 bits per heavy atom. The van der Waals surface area contributed by atoms with Crippen molar-refractivity contribution in [3.63, 3.8) is 0 Å². The first-order valence-corrected chi connectivity index (χ1v) is 6.75. The second-order valence-electron chi connectivity index (χ2n) is 4.37. The summed E-state index contributed by atoms with van der Waals surface area (Å²) in [5.74, 6) is 0. The van der Waals surface area contributed by atoms with Crippen LogP contribution in [0.3, 0.4) is 0 Å². The monoisotopic (exact) mass is 313 g/mol. The normalized spacial score (nSPS) is 11.5. The summed E-state index contributed by atoms with van der Waals surface area (Å²) < 4.78 is 1.07. The van der Waals surface area contributed by atoms with Gasteiger partial charge in [-0.1, -0.05) is 22.0 Å². The molecule has 0 aliphatic heterocycles. The maximum absolute atomic E-state index is 4.29. The SMILES string of the molecule is Cc1cnc(/C=C/c2cc3ccc(Br)cc3[nH]2)cn1. The van der Waals surface area contributed by atoms with Crippen LogP contribution in [0.4, 0.5) is 0 Å². The standard InChI is InChI=1S/C15H12BrN3/c1-10-8-18-14(9-17-10)5-4-13-6-11-2-3-12(16)7-15(11)19-13/h2-9,19H,1H3/b5-4+. The van der Waals surface area contributed by atoms with Gasteiger partial charge in [-0.2, -0.15) is 0 Å². The van der Waals surface area contributed by atoms with Crippen LogP contribution in [0.25, 0.3) is 23.1 Å². The molecule has 0 unspecified atom stereocenters. The molecule has 0 saturated heterocycles. The summed E-state index contributed by atoms with van der Waals surface area (Å²) in [5.41, 5.74) is 3.94. The van der Waals surface area contributed by atoms with Gasteiger partial charge in [0, 0.05) is 27.3 Å². The van der Waals surface area contributed by atoms with Crippen LogP contribution in [0.15, 0.2) is 41.1 Å². The molecule has 0 aliphatic carbocycles. The minimum Gasteiger partial charge on any atom is -0.355 e. The predicted molar refractivity (Wildman–Crippen MR) is 81.7 cm³/mol. The molecule has 4 heteroatoms. The van der Waals surface area contributed by atoms with E-state index in [0.29, 0.717) is 0 Å². The van der Waals surface area contributed by atoms with Crippen molar-refractivity contribution in [2.24, 2.45) is 0 Å². The summed E-state index contributed by atoms with van der Waals surface area (Å²) in [5, 5.41) is 1.19. The molecule has 0 amide bonds. The van der Waals surface area contributed by atoms with Gasteiger partial charge in [-0.25, -0.2) is 0 Å². The van der Waals surface area contributed by atoms with Crippen LogP contribution in [0.2, 0.25) is 0 Å². The third-order valence-electron chi connectivity index (χ3n) is 2.84. The zero-order valence-corrected chi connectivity index (χ0v) is 12.0. The highest BCUT2D eigenvalue weighted by atomic mass is 79.9. The van der Waals surface area contributed by atoms with Gasteiger partial charge in [0.1, 0.15) is 0 Å². The number of aryl methyl sites for hydroxylation is 1. The van der Waals surface area contributed by atoms with Gasteiger partial charge >= 0.3 is 0 Å². The lowest BCUT2D eigenvalue weighted by Gasteiger charge is -1.92. The zero-order valence-electron chi connectivity index (χ0n) is 10.4. The number of nitrogens with zero attached hydrogens (tertiary/aromatic N) is 2. The molecular formula is C15H12BrN3. The lowest BCUT2D eigenvalue weighted by molar-refractivity contribution is 1.10. The topological polar surface area (TPSA) is 41.6 Å². The first-order chi connectivity index (χ1) is 9.20. The molecule has 0 atom stereocenters. The summed E-state index contributed by atoms with van der Waals surface area (Å²) in [7, 11) is 0. The lowest BCUT2D eigenvalue weighted by atomic mass is 10.2. The average molecular weight is 314 g/mol. The van der Waals surface area contributed by atoms with Gasteiger partial charge in [-0.15, -0.1) is 0 Å². The van der Waals surface area contributed by atoms with Crippen LogP contribution >= 0.6 is 15.9 Å². The van der Waals surface area contributed by atoms with Crippen molar-refractivity contribution in [1.29, 1.82) is 0 Å². The average Bonchev–Trinajstić information content (AvgIpc) is 2.80. The highest BCUT2D eigenvalue weighted by molar-refractivity contribution is 9.10. The number of aromatic amines is 1. The molecule has 0 saturated carbocycles. The molecule has 0 radical (unpaired) electrons. The van der Waals surface area contributed by atoms with Crippen molar-refractivity contribution >= 4 is 39.0 Å². The summed E-state index contributed by atoms with van der Waals surface area (Å²) >= 11 is 3.47. The van der Waals surface area contributed by atoms with Crippen LogP contribution in [-0.4, -0.2) is 15.0 Å². The number of benzene rings is 1. The van der Waals surface area contributed by atoms with Gasteiger partial charge in [-0.05, 0) is 37.3 Å². The molecule has 19 heavy (non-hydrogen) atoms. The van der Waals surface area contributed by atoms with Crippen molar-refractivity contribution in [2.45, 2.75) is 6.92 Å². The predicted octanol–water partition coefficient (Wildman–Crippen LogP) is 4.20. The Hall–Kier alpha value is -1.94. The second-order valence-corrected chi connectivity index (χ2v) is 5.29. The van der Waals surface area contributed by atoms with Gasteiger partial charge in [0.15, 0.2) is 0 Å². The minimum absolute atomic E-state index is 0.852. The van der Waals surface area contributed by atoms with Gasteiger partial charge in [0.2, 0.25) is 0 Å². The summed E-state index contributed by atoms with van der Waals surface area (Å²) in [6.07, 6.45) is 7.49. The number of rotatable bonds is 2. The Bertz CT molecular complexity index is 742. The van der Waals surface area contributed by atoms with Crippen LogP contribution in [0.5, 0.6) is 0 Å². The van der Waals surface area contributed by atoms with Crippen molar-refractivity contribution in [3.8, 4) is 0 Å². The second kappa shape index (κ2) is 4.97. The van der Waals surface area contributed by atoms with E-state index in [-0.39, 0.29) is 0 Å². The molecule has 0 bridgehead atoms. The van der Waals surface area contributed by atoms with Crippen LogP contribution in [0, 0.1) is 6.92 Å². The molecule has 1 aromatic carbocycles. The van der Waals surface area contributed by atoms with Gasteiger partial charge in [0.05, 0.1) is 17.6 Å². The Kier molecular flexibility index (Phi) is 3.17. The molecule has 1 N–H and O–H groups in total. The number of hydrogen-bond donors (Lipinski definition) is 1. The number of H-pyrrole nitrogens is 1. The first kappa shape index (κ1) is 12.1. The van der Waals surface area contributed by atoms with Crippen molar-refractivity contribution < 1.29 is 0 Å². The highest BCUT2D eigenvalue weighted by Crippen LogP contribution is 2.21. The first-order valence-electron chi connectivity index (χ1n) is 5.96.